The first-order valence-electron chi connectivity index (χ1n) is 6.91. The molecule has 7 heteroatoms. The third-order valence-electron chi connectivity index (χ3n) is 2.87. The summed E-state index contributed by atoms with van der Waals surface area (Å²) < 4.78 is 11.0. The Morgan fingerprint density at radius 2 is 2.09 bits per heavy atom. The van der Waals surface area contributed by atoms with Gasteiger partial charge in [0, 0.05) is 30.9 Å². The van der Waals surface area contributed by atoms with Gasteiger partial charge in [-0.1, -0.05) is 0 Å². The Labute approximate surface area is 134 Å². The Morgan fingerprint density at radius 1 is 1.23 bits per heavy atom. The first-order valence-corrected chi connectivity index (χ1v) is 7.45. The first kappa shape index (κ1) is 16.2. The largest absolute Gasteiger partial charge is 0.493 e. The maximum atomic E-state index is 5.69. The zero-order chi connectivity index (χ0) is 15.8. The minimum atomic E-state index is 0.503. The van der Waals surface area contributed by atoms with E-state index in [1.165, 1.54) is 0 Å². The molecule has 2 N–H and O–H groups in total. The summed E-state index contributed by atoms with van der Waals surface area (Å²) in [6.45, 7) is 0.537. The van der Waals surface area contributed by atoms with Gasteiger partial charge in [-0.3, -0.25) is 0 Å². The number of ether oxygens (including phenoxy) is 2. The summed E-state index contributed by atoms with van der Waals surface area (Å²) in [4.78, 5) is 8.49. The lowest BCUT2D eigenvalue weighted by molar-refractivity contribution is 0.295. The quantitative estimate of drug-likeness (QED) is 0.574. The van der Waals surface area contributed by atoms with Crippen molar-refractivity contribution in [2.75, 3.05) is 37.3 Å². The number of hydrogen-bond donors (Lipinski definition) is 2. The van der Waals surface area contributed by atoms with Crippen LogP contribution in [0.1, 0.15) is 6.42 Å². The summed E-state index contributed by atoms with van der Waals surface area (Å²) >= 11 is 5.66. The lowest BCUT2D eigenvalue weighted by Crippen LogP contribution is -2.02. The summed E-state index contributed by atoms with van der Waals surface area (Å²) in [5.74, 6) is 3.13. The van der Waals surface area contributed by atoms with Crippen molar-refractivity contribution in [2.24, 2.45) is 0 Å². The van der Waals surface area contributed by atoms with E-state index in [0.717, 1.165) is 17.9 Å². The Bertz CT molecular complexity index is 610. The molecule has 1 heterocycles. The second-order valence-electron chi connectivity index (χ2n) is 4.40. The number of benzene rings is 1. The third-order valence-corrected chi connectivity index (χ3v) is 3.13. The molecule has 2 rings (SSSR count). The number of alkyl halides is 1. The van der Waals surface area contributed by atoms with Crippen LogP contribution in [0.2, 0.25) is 0 Å². The van der Waals surface area contributed by atoms with Gasteiger partial charge < -0.3 is 20.1 Å². The molecular formula is C15H19ClN4O2. The van der Waals surface area contributed by atoms with Crippen molar-refractivity contribution in [3.63, 3.8) is 0 Å². The molecule has 0 aliphatic rings. The molecule has 0 aliphatic carbocycles. The highest BCUT2D eigenvalue weighted by atomic mass is 35.5. The van der Waals surface area contributed by atoms with Crippen LogP contribution in [-0.2, 0) is 0 Å². The van der Waals surface area contributed by atoms with Crippen molar-refractivity contribution < 1.29 is 9.47 Å². The number of anilines is 3. The summed E-state index contributed by atoms with van der Waals surface area (Å²) in [6.07, 6.45) is 2.46. The van der Waals surface area contributed by atoms with Crippen LogP contribution in [0.3, 0.4) is 0 Å². The van der Waals surface area contributed by atoms with Crippen LogP contribution >= 0.6 is 11.6 Å². The number of nitrogens with one attached hydrogen (secondary N) is 2. The van der Waals surface area contributed by atoms with Crippen molar-refractivity contribution >= 4 is 29.1 Å². The summed E-state index contributed by atoms with van der Waals surface area (Å²) in [7, 11) is 3.42. The van der Waals surface area contributed by atoms with E-state index in [1.807, 2.05) is 25.2 Å². The van der Waals surface area contributed by atoms with E-state index in [1.54, 1.807) is 19.4 Å². The SMILES string of the molecule is CNc1ccnc(Nc2ccc(OC)c(OCCCCl)c2)n1. The summed E-state index contributed by atoms with van der Waals surface area (Å²) in [5.41, 5.74) is 0.815. The monoisotopic (exact) mass is 322 g/mol. The molecule has 2 aromatic rings. The number of halogens is 1. The first-order chi connectivity index (χ1) is 10.8. The average molecular weight is 323 g/mol. The molecule has 0 amide bonds. The summed E-state index contributed by atoms with van der Waals surface area (Å²) in [6, 6.07) is 7.35. The maximum absolute atomic E-state index is 5.69. The normalized spacial score (nSPS) is 10.1. The molecule has 0 aliphatic heterocycles. The molecule has 0 atom stereocenters. The van der Waals surface area contributed by atoms with Crippen molar-refractivity contribution in [3.8, 4) is 11.5 Å². The zero-order valence-electron chi connectivity index (χ0n) is 12.6. The average Bonchev–Trinajstić information content (AvgIpc) is 2.55. The molecule has 0 bridgehead atoms. The molecule has 6 nitrogen and oxygen atoms in total. The van der Waals surface area contributed by atoms with E-state index in [4.69, 9.17) is 21.1 Å². The molecule has 1 aromatic carbocycles. The molecule has 0 fully saturated rings. The second-order valence-corrected chi connectivity index (χ2v) is 4.78. The molecular weight excluding hydrogens is 304 g/mol. The van der Waals surface area contributed by atoms with Crippen LogP contribution in [0.25, 0.3) is 0 Å². The van der Waals surface area contributed by atoms with E-state index >= 15 is 0 Å². The fourth-order valence-electron chi connectivity index (χ4n) is 1.79. The van der Waals surface area contributed by atoms with Crippen LogP contribution in [0, 0.1) is 0 Å². The van der Waals surface area contributed by atoms with Crippen molar-refractivity contribution in [3.05, 3.63) is 30.5 Å². The molecule has 0 saturated carbocycles. The second kappa shape index (κ2) is 8.29. The standard InChI is InChI=1S/C15H19ClN4O2/c1-17-14-6-8-18-15(20-14)19-11-4-5-12(21-2)13(10-11)22-9-3-7-16/h4-6,8,10H,3,7,9H2,1-2H3,(H2,17,18,19,20). The van der Waals surface area contributed by atoms with Crippen molar-refractivity contribution in [1.82, 2.24) is 9.97 Å². The van der Waals surface area contributed by atoms with Gasteiger partial charge >= 0.3 is 0 Å². The van der Waals surface area contributed by atoms with E-state index in [2.05, 4.69) is 20.6 Å². The third kappa shape index (κ3) is 4.39. The van der Waals surface area contributed by atoms with Gasteiger partial charge in [-0.15, -0.1) is 11.6 Å². The van der Waals surface area contributed by atoms with Gasteiger partial charge in [-0.25, -0.2) is 4.98 Å². The smallest absolute Gasteiger partial charge is 0.229 e. The molecule has 0 saturated heterocycles. The summed E-state index contributed by atoms with van der Waals surface area (Å²) in [5, 5.41) is 6.11. The van der Waals surface area contributed by atoms with Gasteiger partial charge in [-0.2, -0.15) is 4.98 Å². The van der Waals surface area contributed by atoms with E-state index in [9.17, 15) is 0 Å². The Morgan fingerprint density at radius 3 is 2.82 bits per heavy atom. The fraction of sp³-hybridized carbons (Fsp3) is 0.333. The lowest BCUT2D eigenvalue weighted by atomic mass is 10.2. The number of rotatable bonds is 8. The lowest BCUT2D eigenvalue weighted by Gasteiger charge is -2.12. The number of hydrogen-bond acceptors (Lipinski definition) is 6. The molecule has 118 valence electrons. The molecule has 0 radical (unpaired) electrons. The fourth-order valence-corrected chi connectivity index (χ4v) is 1.90. The van der Waals surface area contributed by atoms with Gasteiger partial charge in [0.15, 0.2) is 11.5 Å². The molecule has 0 spiro atoms. The topological polar surface area (TPSA) is 68.3 Å². The van der Waals surface area contributed by atoms with Gasteiger partial charge in [-0.05, 0) is 24.6 Å². The number of methoxy groups -OCH3 is 1. The Balaban J connectivity index is 2.14. The van der Waals surface area contributed by atoms with Crippen molar-refractivity contribution in [1.29, 1.82) is 0 Å². The Kier molecular flexibility index (Phi) is 6.09. The van der Waals surface area contributed by atoms with E-state index in [-0.39, 0.29) is 0 Å². The minimum Gasteiger partial charge on any atom is -0.493 e. The van der Waals surface area contributed by atoms with Gasteiger partial charge in [0.2, 0.25) is 5.95 Å². The predicted molar refractivity (Wildman–Crippen MR) is 88.7 cm³/mol. The van der Waals surface area contributed by atoms with E-state index in [0.29, 0.717) is 29.9 Å². The Hall–Kier alpha value is -2.21. The molecule has 0 unspecified atom stereocenters. The molecule has 1 aromatic heterocycles. The maximum Gasteiger partial charge on any atom is 0.229 e. The van der Waals surface area contributed by atoms with Crippen molar-refractivity contribution in [2.45, 2.75) is 6.42 Å². The van der Waals surface area contributed by atoms with Crippen LogP contribution in [0.4, 0.5) is 17.5 Å². The minimum absolute atomic E-state index is 0.503. The molecule has 22 heavy (non-hydrogen) atoms. The number of nitrogens with zero attached hydrogens (tertiary/aromatic N) is 2. The van der Waals surface area contributed by atoms with E-state index < -0.39 is 0 Å². The predicted octanol–water partition coefficient (Wildman–Crippen LogP) is 3.28. The highest BCUT2D eigenvalue weighted by Gasteiger charge is 2.07. The highest BCUT2D eigenvalue weighted by molar-refractivity contribution is 6.17. The zero-order valence-corrected chi connectivity index (χ0v) is 13.4. The number of aromatic nitrogens is 2. The van der Waals surface area contributed by atoms with Crippen LogP contribution in [0.5, 0.6) is 11.5 Å². The van der Waals surface area contributed by atoms with Crippen LogP contribution < -0.4 is 20.1 Å². The van der Waals surface area contributed by atoms with Crippen LogP contribution in [0.15, 0.2) is 30.5 Å². The van der Waals surface area contributed by atoms with Gasteiger partial charge in [0.1, 0.15) is 5.82 Å². The van der Waals surface area contributed by atoms with Crippen LogP contribution in [-0.4, -0.2) is 36.6 Å². The van der Waals surface area contributed by atoms with Gasteiger partial charge in [0.05, 0.1) is 13.7 Å². The highest BCUT2D eigenvalue weighted by Crippen LogP contribution is 2.31. The van der Waals surface area contributed by atoms with Gasteiger partial charge in [0.25, 0.3) is 0 Å².